The number of benzene rings is 2. The second-order valence-electron chi connectivity index (χ2n) is 7.59. The first-order valence-corrected chi connectivity index (χ1v) is 10.6. The van der Waals surface area contributed by atoms with Crippen LogP contribution in [0.5, 0.6) is 11.5 Å². The lowest BCUT2D eigenvalue weighted by molar-refractivity contribution is 0.0980. The fourth-order valence-electron chi connectivity index (χ4n) is 3.80. The summed E-state index contributed by atoms with van der Waals surface area (Å²) in [5, 5.41) is 4.54. The summed E-state index contributed by atoms with van der Waals surface area (Å²) in [5.41, 5.74) is 3.18. The molecule has 0 unspecified atom stereocenters. The number of Topliss-reactive ketones (excluding diaryl/α,β-unsaturated/α-hetero) is 1. The number of para-hydroxylation sites is 1. The van der Waals surface area contributed by atoms with Crippen molar-refractivity contribution in [2.75, 3.05) is 27.3 Å². The van der Waals surface area contributed by atoms with E-state index in [1.54, 1.807) is 14.2 Å². The van der Waals surface area contributed by atoms with Crippen LogP contribution in [0.2, 0.25) is 0 Å². The Balaban J connectivity index is 1.33. The summed E-state index contributed by atoms with van der Waals surface area (Å²) < 4.78 is 12.7. The molecular formula is C25H32N2O3. The molecule has 0 amide bonds. The second kappa shape index (κ2) is 10.8. The van der Waals surface area contributed by atoms with E-state index in [1.807, 2.05) is 48.1 Å². The highest BCUT2D eigenvalue weighted by Crippen LogP contribution is 2.27. The van der Waals surface area contributed by atoms with Crippen LogP contribution in [-0.4, -0.2) is 37.7 Å². The van der Waals surface area contributed by atoms with Gasteiger partial charge >= 0.3 is 0 Å². The van der Waals surface area contributed by atoms with E-state index in [9.17, 15) is 4.79 Å². The Kier molecular flexibility index (Phi) is 7.91. The molecule has 2 aromatic carbocycles. The van der Waals surface area contributed by atoms with Crippen molar-refractivity contribution in [1.82, 2.24) is 9.88 Å². The van der Waals surface area contributed by atoms with E-state index in [0.717, 1.165) is 66.7 Å². The van der Waals surface area contributed by atoms with Crippen LogP contribution in [-0.2, 0) is 13.5 Å². The van der Waals surface area contributed by atoms with Gasteiger partial charge in [0.1, 0.15) is 0 Å². The number of hydrogen-bond donors (Lipinski definition) is 1. The zero-order valence-electron chi connectivity index (χ0n) is 18.2. The highest BCUT2D eigenvalue weighted by Gasteiger charge is 2.13. The first kappa shape index (κ1) is 21.9. The minimum absolute atomic E-state index is 0.244. The van der Waals surface area contributed by atoms with Gasteiger partial charge in [0, 0.05) is 36.1 Å². The number of ketones is 1. The average molecular weight is 409 g/mol. The third kappa shape index (κ3) is 5.42. The maximum absolute atomic E-state index is 12.6. The standard InChI is InChI=1S/C25H32N2O3/c1-27-18-21(20-9-6-7-10-22(20)27)23(28)11-5-4-8-15-26-16-14-19-12-13-24(29-2)25(17-19)30-3/h6-7,9-10,12-13,17-18,26H,4-5,8,11,14-16H2,1-3H3. The van der Waals surface area contributed by atoms with E-state index in [-0.39, 0.29) is 5.78 Å². The van der Waals surface area contributed by atoms with Crippen molar-refractivity contribution in [1.29, 1.82) is 0 Å². The van der Waals surface area contributed by atoms with Gasteiger partial charge in [0.15, 0.2) is 17.3 Å². The van der Waals surface area contributed by atoms with Gasteiger partial charge in [-0.3, -0.25) is 4.79 Å². The fraction of sp³-hybridized carbons (Fsp3) is 0.400. The lowest BCUT2D eigenvalue weighted by atomic mass is 10.0. The number of unbranched alkanes of at least 4 members (excludes halogenated alkanes) is 2. The van der Waals surface area contributed by atoms with Crippen LogP contribution >= 0.6 is 0 Å². The number of aryl methyl sites for hydroxylation is 1. The summed E-state index contributed by atoms with van der Waals surface area (Å²) in [7, 11) is 5.30. The van der Waals surface area contributed by atoms with Crippen molar-refractivity contribution < 1.29 is 14.3 Å². The van der Waals surface area contributed by atoms with Crippen LogP contribution in [0.4, 0.5) is 0 Å². The lowest BCUT2D eigenvalue weighted by Crippen LogP contribution is -2.18. The van der Waals surface area contributed by atoms with Crippen LogP contribution in [0.25, 0.3) is 10.9 Å². The third-order valence-electron chi connectivity index (χ3n) is 5.49. The molecule has 0 saturated heterocycles. The quantitative estimate of drug-likeness (QED) is 0.346. The number of nitrogens with zero attached hydrogens (tertiary/aromatic N) is 1. The third-order valence-corrected chi connectivity index (χ3v) is 5.49. The molecule has 5 heteroatoms. The SMILES string of the molecule is COc1ccc(CCNCCCCCC(=O)c2cn(C)c3ccccc23)cc1OC. The number of nitrogens with one attached hydrogen (secondary N) is 1. The Morgan fingerprint density at radius 1 is 0.967 bits per heavy atom. The summed E-state index contributed by atoms with van der Waals surface area (Å²) in [4.78, 5) is 12.6. The van der Waals surface area contributed by atoms with Gasteiger partial charge < -0.3 is 19.4 Å². The van der Waals surface area contributed by atoms with Crippen molar-refractivity contribution in [3.63, 3.8) is 0 Å². The van der Waals surface area contributed by atoms with Gasteiger partial charge in [0.2, 0.25) is 0 Å². The molecule has 0 atom stereocenters. The molecule has 0 radical (unpaired) electrons. The lowest BCUT2D eigenvalue weighted by Gasteiger charge is -2.10. The molecule has 0 fully saturated rings. The van der Waals surface area contributed by atoms with Crippen molar-refractivity contribution >= 4 is 16.7 Å². The van der Waals surface area contributed by atoms with E-state index in [1.165, 1.54) is 5.56 Å². The summed E-state index contributed by atoms with van der Waals surface area (Å²) in [6.45, 7) is 1.89. The molecule has 1 aromatic heterocycles. The summed E-state index contributed by atoms with van der Waals surface area (Å²) in [6, 6.07) is 14.1. The summed E-state index contributed by atoms with van der Waals surface area (Å²) in [5.74, 6) is 1.77. The van der Waals surface area contributed by atoms with E-state index < -0.39 is 0 Å². The predicted octanol–water partition coefficient (Wildman–Crippen LogP) is 4.77. The predicted molar refractivity (Wildman–Crippen MR) is 122 cm³/mol. The Labute approximate surface area is 179 Å². The number of methoxy groups -OCH3 is 2. The van der Waals surface area contributed by atoms with Crippen molar-refractivity contribution in [3.8, 4) is 11.5 Å². The first-order valence-electron chi connectivity index (χ1n) is 10.6. The normalized spacial score (nSPS) is 11.0. The van der Waals surface area contributed by atoms with Crippen LogP contribution < -0.4 is 14.8 Å². The number of rotatable bonds is 12. The monoisotopic (exact) mass is 408 g/mol. The molecule has 3 aromatic rings. The highest BCUT2D eigenvalue weighted by atomic mass is 16.5. The van der Waals surface area contributed by atoms with Gasteiger partial charge in [-0.25, -0.2) is 0 Å². The molecule has 0 saturated carbocycles. The fourth-order valence-corrected chi connectivity index (χ4v) is 3.80. The minimum Gasteiger partial charge on any atom is -0.493 e. The Morgan fingerprint density at radius 2 is 1.77 bits per heavy atom. The Hall–Kier alpha value is -2.79. The zero-order chi connectivity index (χ0) is 21.3. The van der Waals surface area contributed by atoms with E-state index >= 15 is 0 Å². The Morgan fingerprint density at radius 3 is 2.57 bits per heavy atom. The smallest absolute Gasteiger partial charge is 0.165 e. The van der Waals surface area contributed by atoms with Crippen LogP contribution in [0.3, 0.4) is 0 Å². The van der Waals surface area contributed by atoms with Gasteiger partial charge in [0.25, 0.3) is 0 Å². The molecule has 3 rings (SSSR count). The molecule has 1 N–H and O–H groups in total. The number of carbonyl (C=O) groups is 1. The number of aromatic nitrogens is 1. The van der Waals surface area contributed by atoms with Crippen LogP contribution in [0.15, 0.2) is 48.7 Å². The molecule has 1 heterocycles. The molecule has 0 aliphatic heterocycles. The van der Waals surface area contributed by atoms with Crippen LogP contribution in [0.1, 0.15) is 41.6 Å². The van der Waals surface area contributed by atoms with Crippen LogP contribution in [0, 0.1) is 0 Å². The minimum atomic E-state index is 0.244. The topological polar surface area (TPSA) is 52.5 Å². The van der Waals surface area contributed by atoms with Gasteiger partial charge in [-0.15, -0.1) is 0 Å². The second-order valence-corrected chi connectivity index (χ2v) is 7.59. The molecule has 0 bridgehead atoms. The van der Waals surface area contributed by atoms with Gasteiger partial charge in [-0.2, -0.15) is 0 Å². The maximum atomic E-state index is 12.6. The molecule has 30 heavy (non-hydrogen) atoms. The van der Waals surface area contributed by atoms with Crippen molar-refractivity contribution in [3.05, 3.63) is 59.8 Å². The first-order chi connectivity index (χ1) is 14.6. The molecule has 0 spiro atoms. The number of hydrogen-bond acceptors (Lipinski definition) is 4. The molecule has 0 aliphatic carbocycles. The summed E-state index contributed by atoms with van der Waals surface area (Å²) in [6.07, 6.45) is 6.58. The Bertz CT molecular complexity index is 978. The van der Waals surface area contributed by atoms with E-state index in [2.05, 4.69) is 17.4 Å². The van der Waals surface area contributed by atoms with Crippen molar-refractivity contribution in [2.45, 2.75) is 32.1 Å². The van der Waals surface area contributed by atoms with Gasteiger partial charge in [-0.1, -0.05) is 30.7 Å². The largest absolute Gasteiger partial charge is 0.493 e. The average Bonchev–Trinajstić information content (AvgIpc) is 3.12. The maximum Gasteiger partial charge on any atom is 0.165 e. The number of fused-ring (bicyclic) bond motifs is 1. The van der Waals surface area contributed by atoms with Crippen molar-refractivity contribution in [2.24, 2.45) is 7.05 Å². The number of ether oxygens (including phenoxy) is 2. The molecule has 160 valence electrons. The highest BCUT2D eigenvalue weighted by molar-refractivity contribution is 6.08. The van der Waals surface area contributed by atoms with E-state index in [4.69, 9.17) is 9.47 Å². The number of carbonyl (C=O) groups excluding carboxylic acids is 1. The van der Waals surface area contributed by atoms with Gasteiger partial charge in [0.05, 0.1) is 14.2 Å². The zero-order valence-corrected chi connectivity index (χ0v) is 18.2. The van der Waals surface area contributed by atoms with Gasteiger partial charge in [-0.05, 0) is 56.1 Å². The molecular weight excluding hydrogens is 376 g/mol. The van der Waals surface area contributed by atoms with E-state index in [0.29, 0.717) is 6.42 Å². The summed E-state index contributed by atoms with van der Waals surface area (Å²) >= 11 is 0. The molecule has 0 aliphatic rings. The molecule has 5 nitrogen and oxygen atoms in total.